The molecule has 0 bridgehead atoms. The molecule has 3 atom stereocenters. The molecular weight excluding hydrogens is 482 g/mol. The zero-order valence-corrected chi connectivity index (χ0v) is 21.5. The number of unbranched alkanes of at least 4 members (excludes halogenated alkanes) is 1. The number of hydrogen-bond acceptors (Lipinski definition) is 6. The Labute approximate surface area is 213 Å². The number of fused-ring (bicyclic) bond motifs is 1. The standard InChI is InChI=1S/C26H34FN4O4P/c27-22(36)21-19(7-4-13-28-21)26(11-12-26)25(34)31-20(24(32)33)10-16-35-15-2-1-6-18-9-8-17-5-3-14-29-23(17)30-18/h4,7-9,13,20,22H,1-3,5-6,10-12,14-16,36H2,(H,29,30)(H,31,34)(H,32,33). The lowest BCUT2D eigenvalue weighted by atomic mass is 9.93. The van der Waals surface area contributed by atoms with E-state index < -0.39 is 29.2 Å². The van der Waals surface area contributed by atoms with Gasteiger partial charge >= 0.3 is 5.97 Å². The van der Waals surface area contributed by atoms with Gasteiger partial charge in [0.2, 0.25) is 5.91 Å². The number of aliphatic carboxylic acids is 1. The van der Waals surface area contributed by atoms with Gasteiger partial charge in [-0.15, -0.1) is 0 Å². The molecule has 1 amide bonds. The van der Waals surface area contributed by atoms with Gasteiger partial charge in [-0.2, -0.15) is 0 Å². The minimum absolute atomic E-state index is 0.157. The Hall–Kier alpha value is -2.64. The van der Waals surface area contributed by atoms with Crippen LogP contribution >= 0.6 is 9.24 Å². The van der Waals surface area contributed by atoms with Crippen LogP contribution in [0.4, 0.5) is 10.2 Å². The van der Waals surface area contributed by atoms with Crippen LogP contribution in [0.25, 0.3) is 0 Å². The van der Waals surface area contributed by atoms with E-state index in [-0.39, 0.29) is 18.7 Å². The van der Waals surface area contributed by atoms with Crippen LogP contribution in [-0.4, -0.2) is 52.8 Å². The summed E-state index contributed by atoms with van der Waals surface area (Å²) in [5.74, 6) is -1.91. The molecule has 0 saturated heterocycles. The molecular formula is C26H34FN4O4P. The number of anilines is 1. The number of amides is 1. The predicted octanol–water partition coefficient (Wildman–Crippen LogP) is 3.71. The maximum Gasteiger partial charge on any atom is 0.326 e. The molecule has 2 aromatic heterocycles. The van der Waals surface area contributed by atoms with Gasteiger partial charge in [0.15, 0.2) is 5.91 Å². The number of aryl methyl sites for hydroxylation is 2. The highest BCUT2D eigenvalue weighted by Gasteiger charge is 2.53. The Kier molecular flexibility index (Phi) is 8.86. The smallest absolute Gasteiger partial charge is 0.326 e. The highest BCUT2D eigenvalue weighted by Crippen LogP contribution is 2.51. The number of nitrogens with one attached hydrogen (secondary N) is 2. The van der Waals surface area contributed by atoms with Crippen LogP contribution in [-0.2, 0) is 32.6 Å². The molecule has 3 heterocycles. The number of carbonyl (C=O) groups excluding carboxylic acids is 1. The number of nitrogens with zero attached hydrogens (tertiary/aromatic N) is 2. The Bertz CT molecular complexity index is 1080. The molecule has 3 unspecified atom stereocenters. The number of carbonyl (C=O) groups is 2. The molecule has 2 aliphatic rings. The van der Waals surface area contributed by atoms with Gasteiger partial charge in [0, 0.05) is 38.1 Å². The Morgan fingerprint density at radius 3 is 2.83 bits per heavy atom. The van der Waals surface area contributed by atoms with E-state index in [0.717, 1.165) is 50.2 Å². The SMILES string of the molecule is O=C(O)C(CCOCCCCc1ccc2c(n1)NCCC2)NC(=O)C1(c2cccnc2C(F)P)CC1. The predicted molar refractivity (Wildman–Crippen MR) is 138 cm³/mol. The van der Waals surface area contributed by atoms with Crippen molar-refractivity contribution in [1.29, 1.82) is 0 Å². The summed E-state index contributed by atoms with van der Waals surface area (Å²) in [4.78, 5) is 33.6. The number of rotatable bonds is 13. The summed E-state index contributed by atoms with van der Waals surface area (Å²) in [7, 11) is 2.05. The molecule has 10 heteroatoms. The molecule has 2 aromatic rings. The minimum Gasteiger partial charge on any atom is -0.480 e. The maximum atomic E-state index is 14.0. The van der Waals surface area contributed by atoms with Crippen molar-refractivity contribution in [3.63, 3.8) is 0 Å². The number of pyridine rings is 2. The van der Waals surface area contributed by atoms with Crippen LogP contribution < -0.4 is 10.6 Å². The fraction of sp³-hybridized carbons (Fsp3) is 0.538. The highest BCUT2D eigenvalue weighted by molar-refractivity contribution is 7.16. The highest BCUT2D eigenvalue weighted by atomic mass is 31.0. The molecule has 3 N–H and O–H groups in total. The van der Waals surface area contributed by atoms with E-state index in [0.29, 0.717) is 25.0 Å². The van der Waals surface area contributed by atoms with Gasteiger partial charge in [0.05, 0.1) is 11.1 Å². The van der Waals surface area contributed by atoms with E-state index in [1.807, 2.05) is 0 Å². The number of alkyl halides is 1. The van der Waals surface area contributed by atoms with Crippen molar-refractivity contribution in [1.82, 2.24) is 15.3 Å². The Morgan fingerprint density at radius 1 is 1.25 bits per heavy atom. The first-order chi connectivity index (χ1) is 17.4. The van der Waals surface area contributed by atoms with Gasteiger partial charge < -0.3 is 20.5 Å². The van der Waals surface area contributed by atoms with Gasteiger partial charge in [-0.1, -0.05) is 21.4 Å². The molecule has 194 valence electrons. The first-order valence-electron chi connectivity index (χ1n) is 12.6. The summed E-state index contributed by atoms with van der Waals surface area (Å²) in [6.07, 6.45) is 7.55. The van der Waals surface area contributed by atoms with E-state index in [1.165, 1.54) is 11.8 Å². The lowest BCUT2D eigenvalue weighted by molar-refractivity contribution is -0.142. The summed E-state index contributed by atoms with van der Waals surface area (Å²) < 4.78 is 19.7. The molecule has 0 radical (unpaired) electrons. The number of aromatic nitrogens is 2. The molecule has 1 saturated carbocycles. The van der Waals surface area contributed by atoms with Gasteiger partial charge in [-0.05, 0) is 68.2 Å². The second-order valence-corrected chi connectivity index (χ2v) is 10.1. The summed E-state index contributed by atoms with van der Waals surface area (Å²) in [5, 5.41) is 15.6. The average Bonchev–Trinajstić information content (AvgIpc) is 3.69. The van der Waals surface area contributed by atoms with Crippen molar-refractivity contribution in [2.45, 2.75) is 68.7 Å². The van der Waals surface area contributed by atoms with E-state index in [9.17, 15) is 19.1 Å². The van der Waals surface area contributed by atoms with Gasteiger partial charge in [0.25, 0.3) is 0 Å². The number of carboxylic acid groups (broad SMARTS) is 1. The maximum absolute atomic E-state index is 14.0. The summed E-state index contributed by atoms with van der Waals surface area (Å²) in [6.45, 7) is 1.70. The van der Waals surface area contributed by atoms with Crippen LogP contribution in [0.1, 0.15) is 67.0 Å². The zero-order chi connectivity index (χ0) is 25.5. The van der Waals surface area contributed by atoms with E-state index in [4.69, 9.17) is 9.72 Å². The molecule has 1 aliphatic carbocycles. The second-order valence-electron chi connectivity index (χ2n) is 9.48. The van der Waals surface area contributed by atoms with Crippen LogP contribution in [0.3, 0.4) is 0 Å². The Morgan fingerprint density at radius 2 is 2.08 bits per heavy atom. The van der Waals surface area contributed by atoms with Crippen molar-refractivity contribution in [3.8, 4) is 0 Å². The zero-order valence-electron chi connectivity index (χ0n) is 20.3. The molecule has 0 aromatic carbocycles. The minimum atomic E-state index is -1.39. The summed E-state index contributed by atoms with van der Waals surface area (Å²) in [5.41, 5.74) is 2.14. The molecule has 1 fully saturated rings. The van der Waals surface area contributed by atoms with Crippen LogP contribution in [0, 0.1) is 0 Å². The van der Waals surface area contributed by atoms with Crippen molar-refractivity contribution in [2.75, 3.05) is 25.1 Å². The van der Waals surface area contributed by atoms with Gasteiger partial charge in [0.1, 0.15) is 11.9 Å². The van der Waals surface area contributed by atoms with Crippen LogP contribution in [0.2, 0.25) is 0 Å². The van der Waals surface area contributed by atoms with Crippen molar-refractivity contribution in [3.05, 3.63) is 53.0 Å². The normalized spacial score (nSPS) is 17.4. The topological polar surface area (TPSA) is 113 Å². The number of ether oxygens (including phenoxy) is 1. The van der Waals surface area contributed by atoms with E-state index in [2.05, 4.69) is 37.0 Å². The lowest BCUT2D eigenvalue weighted by Gasteiger charge is -2.22. The number of halogens is 1. The fourth-order valence-electron chi connectivity index (χ4n) is 4.66. The van der Waals surface area contributed by atoms with Gasteiger partial charge in [-0.25, -0.2) is 14.2 Å². The van der Waals surface area contributed by atoms with Crippen molar-refractivity contribution < 1.29 is 23.8 Å². The van der Waals surface area contributed by atoms with Crippen LogP contribution in [0.15, 0.2) is 30.5 Å². The lowest BCUT2D eigenvalue weighted by Crippen LogP contribution is -2.46. The molecule has 36 heavy (non-hydrogen) atoms. The summed E-state index contributed by atoms with van der Waals surface area (Å²) in [6, 6.07) is 6.53. The second kappa shape index (κ2) is 12.1. The average molecular weight is 517 g/mol. The first-order valence-corrected chi connectivity index (χ1v) is 13.3. The largest absolute Gasteiger partial charge is 0.480 e. The van der Waals surface area contributed by atoms with E-state index >= 15 is 0 Å². The molecule has 8 nitrogen and oxygen atoms in total. The van der Waals surface area contributed by atoms with Crippen molar-refractivity contribution in [2.24, 2.45) is 0 Å². The van der Waals surface area contributed by atoms with Gasteiger partial charge in [-0.3, -0.25) is 9.78 Å². The molecule has 1 aliphatic heterocycles. The molecule has 4 rings (SSSR count). The third-order valence-electron chi connectivity index (χ3n) is 6.88. The van der Waals surface area contributed by atoms with E-state index in [1.54, 1.807) is 12.1 Å². The third kappa shape index (κ3) is 6.37. The summed E-state index contributed by atoms with van der Waals surface area (Å²) >= 11 is 0. The van der Waals surface area contributed by atoms with Crippen LogP contribution in [0.5, 0.6) is 0 Å². The monoisotopic (exact) mass is 516 g/mol. The number of carboxylic acids is 1. The quantitative estimate of drug-likeness (QED) is 0.275. The van der Waals surface area contributed by atoms with Crippen molar-refractivity contribution >= 4 is 26.9 Å². The number of hydrogen-bond donors (Lipinski definition) is 3. The fourth-order valence-corrected chi connectivity index (χ4v) is 4.93. The molecule has 0 spiro atoms. The first kappa shape index (κ1) is 26.4. The Balaban J connectivity index is 1.19. The third-order valence-corrected chi connectivity index (χ3v) is 7.19.